The zero-order valence-electron chi connectivity index (χ0n) is 11.1. The summed E-state index contributed by atoms with van der Waals surface area (Å²) >= 11 is 13.0. The van der Waals surface area contributed by atoms with Gasteiger partial charge in [0.25, 0.3) is 5.91 Å². The van der Waals surface area contributed by atoms with E-state index in [0.717, 1.165) is 17.3 Å². The highest BCUT2D eigenvalue weighted by Gasteiger charge is 2.17. The van der Waals surface area contributed by atoms with Crippen LogP contribution in [0.2, 0.25) is 5.02 Å². The standard InChI is InChI=1S/C14H18Br2ClNO/c1-3-9(4-2)12(16)8-18-14(19)11-7-10(15)5-6-13(11)17/h5-7,9,12H,3-4,8H2,1-2H3,(H,18,19). The van der Waals surface area contributed by atoms with Crippen molar-refractivity contribution in [1.29, 1.82) is 0 Å². The highest BCUT2D eigenvalue weighted by molar-refractivity contribution is 9.10. The first-order valence-corrected chi connectivity index (χ1v) is 8.45. The Morgan fingerprint density at radius 2 is 2.00 bits per heavy atom. The molecule has 1 N–H and O–H groups in total. The molecule has 0 aliphatic carbocycles. The Morgan fingerprint density at radius 3 is 2.58 bits per heavy atom. The van der Waals surface area contributed by atoms with Crippen LogP contribution in [0.3, 0.4) is 0 Å². The van der Waals surface area contributed by atoms with Crippen molar-refractivity contribution in [3.63, 3.8) is 0 Å². The van der Waals surface area contributed by atoms with Crippen LogP contribution in [0.15, 0.2) is 22.7 Å². The Bertz CT molecular complexity index is 435. The Morgan fingerprint density at radius 1 is 1.37 bits per heavy atom. The number of amides is 1. The normalized spacial score (nSPS) is 12.5. The molecule has 0 bridgehead atoms. The van der Waals surface area contributed by atoms with Crippen LogP contribution in [0.5, 0.6) is 0 Å². The van der Waals surface area contributed by atoms with Gasteiger partial charge in [-0.25, -0.2) is 0 Å². The smallest absolute Gasteiger partial charge is 0.252 e. The predicted octanol–water partition coefficient (Wildman–Crippen LogP) is 5.03. The molecule has 0 saturated heterocycles. The van der Waals surface area contributed by atoms with Gasteiger partial charge < -0.3 is 5.32 Å². The van der Waals surface area contributed by atoms with Crippen LogP contribution < -0.4 is 5.32 Å². The van der Waals surface area contributed by atoms with Crippen LogP contribution >= 0.6 is 43.5 Å². The Hall–Kier alpha value is -0.0600. The summed E-state index contributed by atoms with van der Waals surface area (Å²) in [6, 6.07) is 5.27. The minimum Gasteiger partial charge on any atom is -0.351 e. The van der Waals surface area contributed by atoms with Crippen molar-refractivity contribution >= 4 is 49.4 Å². The van der Waals surface area contributed by atoms with Crippen LogP contribution in [0.25, 0.3) is 0 Å². The monoisotopic (exact) mass is 409 g/mol. The molecule has 0 heterocycles. The van der Waals surface area contributed by atoms with Gasteiger partial charge in [0.15, 0.2) is 0 Å². The summed E-state index contributed by atoms with van der Waals surface area (Å²) in [5.41, 5.74) is 0.500. The second-order valence-electron chi connectivity index (χ2n) is 4.43. The number of nitrogens with one attached hydrogen (secondary N) is 1. The maximum Gasteiger partial charge on any atom is 0.252 e. The van der Waals surface area contributed by atoms with E-state index in [0.29, 0.717) is 23.0 Å². The van der Waals surface area contributed by atoms with Crippen molar-refractivity contribution in [2.24, 2.45) is 5.92 Å². The van der Waals surface area contributed by atoms with E-state index >= 15 is 0 Å². The molecule has 1 rings (SSSR count). The van der Waals surface area contributed by atoms with E-state index in [-0.39, 0.29) is 10.7 Å². The predicted molar refractivity (Wildman–Crippen MR) is 88.3 cm³/mol. The first-order chi connectivity index (χ1) is 8.99. The summed E-state index contributed by atoms with van der Waals surface area (Å²) < 4.78 is 0.845. The Kier molecular flexibility index (Phi) is 7.40. The van der Waals surface area contributed by atoms with Crippen molar-refractivity contribution in [3.8, 4) is 0 Å². The number of halogens is 3. The number of alkyl halides is 1. The molecule has 0 spiro atoms. The van der Waals surface area contributed by atoms with E-state index in [1.165, 1.54) is 0 Å². The summed E-state index contributed by atoms with van der Waals surface area (Å²) in [6.07, 6.45) is 2.19. The zero-order valence-corrected chi connectivity index (χ0v) is 15.0. The van der Waals surface area contributed by atoms with Crippen molar-refractivity contribution in [2.75, 3.05) is 6.54 Å². The van der Waals surface area contributed by atoms with Gasteiger partial charge in [0, 0.05) is 15.8 Å². The third-order valence-corrected chi connectivity index (χ3v) is 5.09. The molecule has 1 aromatic carbocycles. The van der Waals surface area contributed by atoms with E-state index < -0.39 is 0 Å². The van der Waals surface area contributed by atoms with Gasteiger partial charge in [-0.2, -0.15) is 0 Å². The summed E-state index contributed by atoms with van der Waals surface area (Å²) in [4.78, 5) is 12.4. The van der Waals surface area contributed by atoms with Crippen LogP contribution in [0.4, 0.5) is 0 Å². The van der Waals surface area contributed by atoms with Crippen molar-refractivity contribution in [2.45, 2.75) is 31.5 Å². The van der Waals surface area contributed by atoms with E-state index in [9.17, 15) is 4.79 Å². The number of hydrogen-bond donors (Lipinski definition) is 1. The molecule has 0 fully saturated rings. The van der Waals surface area contributed by atoms with Gasteiger partial charge in [-0.05, 0) is 24.1 Å². The third kappa shape index (κ3) is 5.09. The molecule has 1 aromatic rings. The maximum absolute atomic E-state index is 12.1. The van der Waals surface area contributed by atoms with Gasteiger partial charge in [0.05, 0.1) is 10.6 Å². The van der Waals surface area contributed by atoms with Gasteiger partial charge >= 0.3 is 0 Å². The molecule has 0 radical (unpaired) electrons. The fourth-order valence-electron chi connectivity index (χ4n) is 1.92. The Labute approximate surface area is 136 Å². The van der Waals surface area contributed by atoms with E-state index in [1.807, 2.05) is 6.07 Å². The van der Waals surface area contributed by atoms with Crippen LogP contribution in [0.1, 0.15) is 37.0 Å². The second kappa shape index (κ2) is 8.28. The number of benzene rings is 1. The summed E-state index contributed by atoms with van der Waals surface area (Å²) in [7, 11) is 0. The number of carbonyl (C=O) groups excluding carboxylic acids is 1. The molecular formula is C14H18Br2ClNO. The van der Waals surface area contributed by atoms with E-state index in [2.05, 4.69) is 51.0 Å². The lowest BCUT2D eigenvalue weighted by Gasteiger charge is -2.20. The minimum absolute atomic E-state index is 0.137. The van der Waals surface area contributed by atoms with Gasteiger partial charge in [-0.15, -0.1) is 0 Å². The van der Waals surface area contributed by atoms with Gasteiger partial charge in [0.2, 0.25) is 0 Å². The number of hydrogen-bond acceptors (Lipinski definition) is 1. The molecule has 1 unspecified atom stereocenters. The molecule has 1 atom stereocenters. The van der Waals surface area contributed by atoms with E-state index in [4.69, 9.17) is 11.6 Å². The number of rotatable bonds is 6. The molecular weight excluding hydrogens is 393 g/mol. The largest absolute Gasteiger partial charge is 0.351 e. The van der Waals surface area contributed by atoms with Gasteiger partial charge in [0.1, 0.15) is 0 Å². The lowest BCUT2D eigenvalue weighted by molar-refractivity contribution is 0.0952. The molecule has 106 valence electrons. The van der Waals surface area contributed by atoms with E-state index in [1.54, 1.807) is 12.1 Å². The summed E-state index contributed by atoms with van der Waals surface area (Å²) in [5, 5.41) is 3.39. The first-order valence-electron chi connectivity index (χ1n) is 6.36. The summed E-state index contributed by atoms with van der Waals surface area (Å²) in [5.74, 6) is 0.431. The van der Waals surface area contributed by atoms with Crippen molar-refractivity contribution in [1.82, 2.24) is 5.32 Å². The number of carbonyl (C=O) groups is 1. The van der Waals surface area contributed by atoms with Crippen LogP contribution in [-0.4, -0.2) is 17.3 Å². The maximum atomic E-state index is 12.1. The highest BCUT2D eigenvalue weighted by Crippen LogP contribution is 2.22. The Balaban J connectivity index is 2.63. The second-order valence-corrected chi connectivity index (χ2v) is 6.93. The lowest BCUT2D eigenvalue weighted by Crippen LogP contribution is -2.33. The minimum atomic E-state index is -0.137. The average Bonchev–Trinajstić information content (AvgIpc) is 2.40. The quantitative estimate of drug-likeness (QED) is 0.654. The van der Waals surface area contributed by atoms with Gasteiger partial charge in [-0.3, -0.25) is 4.79 Å². The first kappa shape index (κ1) is 17.0. The molecule has 0 saturated carbocycles. The van der Waals surface area contributed by atoms with Crippen molar-refractivity contribution < 1.29 is 4.79 Å². The van der Waals surface area contributed by atoms with Crippen LogP contribution in [-0.2, 0) is 0 Å². The zero-order chi connectivity index (χ0) is 14.4. The molecule has 2 nitrogen and oxygen atoms in total. The molecule has 0 aliphatic rings. The fraction of sp³-hybridized carbons (Fsp3) is 0.500. The SMILES string of the molecule is CCC(CC)C(Br)CNC(=O)c1cc(Br)ccc1Cl. The molecule has 19 heavy (non-hydrogen) atoms. The topological polar surface area (TPSA) is 29.1 Å². The van der Waals surface area contributed by atoms with Crippen molar-refractivity contribution in [3.05, 3.63) is 33.3 Å². The van der Waals surface area contributed by atoms with Crippen LogP contribution in [0, 0.1) is 5.92 Å². The average molecular weight is 412 g/mol. The molecule has 5 heteroatoms. The third-order valence-electron chi connectivity index (χ3n) is 3.19. The fourth-order valence-corrected chi connectivity index (χ4v) is 3.40. The lowest BCUT2D eigenvalue weighted by atomic mass is 9.99. The van der Waals surface area contributed by atoms with Gasteiger partial charge in [-0.1, -0.05) is 70.1 Å². The molecule has 0 aliphatic heterocycles. The molecule has 1 amide bonds. The molecule has 0 aromatic heterocycles. The summed E-state index contributed by atoms with van der Waals surface area (Å²) in [6.45, 7) is 4.93. The highest BCUT2D eigenvalue weighted by atomic mass is 79.9.